The van der Waals surface area contributed by atoms with E-state index in [0.717, 1.165) is 24.3 Å². The minimum absolute atomic E-state index is 0.571. The number of rotatable bonds is 4. The highest BCUT2D eigenvalue weighted by Gasteiger charge is 2.23. The number of nitrogens with one attached hydrogen (secondary N) is 2. The van der Waals surface area contributed by atoms with Crippen LogP contribution in [-0.4, -0.2) is 23.6 Å². The highest BCUT2D eigenvalue weighted by Crippen LogP contribution is 2.29. The second-order valence-electron chi connectivity index (χ2n) is 6.61. The van der Waals surface area contributed by atoms with Gasteiger partial charge in [-0.2, -0.15) is 0 Å². The molecule has 21 heavy (non-hydrogen) atoms. The van der Waals surface area contributed by atoms with Gasteiger partial charge in [0.25, 0.3) is 0 Å². The summed E-state index contributed by atoms with van der Waals surface area (Å²) in [5.74, 6) is 2.65. The standard InChI is InChI=1S/C17H30N4/c1-13(2)15-5-7-16(8-6-15)20-17(18-3)19-11-14-9-10-21(4)12-14/h9-10,12-13,15-16H,5-8,11H2,1-4H3,(H2,18,19,20). The van der Waals surface area contributed by atoms with Crippen molar-refractivity contribution in [1.82, 2.24) is 15.2 Å². The minimum Gasteiger partial charge on any atom is -0.357 e. The highest BCUT2D eigenvalue weighted by atomic mass is 15.2. The summed E-state index contributed by atoms with van der Waals surface area (Å²) >= 11 is 0. The molecule has 2 N–H and O–H groups in total. The second kappa shape index (κ2) is 7.53. The van der Waals surface area contributed by atoms with Crippen molar-refractivity contribution in [2.45, 2.75) is 52.1 Å². The number of guanidine groups is 1. The van der Waals surface area contributed by atoms with Crippen LogP contribution in [0.1, 0.15) is 45.1 Å². The number of hydrogen-bond acceptors (Lipinski definition) is 1. The molecule has 1 heterocycles. The van der Waals surface area contributed by atoms with Crippen molar-refractivity contribution in [1.29, 1.82) is 0 Å². The number of aliphatic imine (C=N–C) groups is 1. The molecule has 0 saturated heterocycles. The number of aromatic nitrogens is 1. The molecule has 4 heteroatoms. The van der Waals surface area contributed by atoms with E-state index < -0.39 is 0 Å². The summed E-state index contributed by atoms with van der Waals surface area (Å²) < 4.78 is 2.07. The van der Waals surface area contributed by atoms with Gasteiger partial charge in [-0.1, -0.05) is 13.8 Å². The van der Waals surface area contributed by atoms with Crippen molar-refractivity contribution in [3.05, 3.63) is 24.0 Å². The van der Waals surface area contributed by atoms with Gasteiger partial charge < -0.3 is 15.2 Å². The van der Waals surface area contributed by atoms with E-state index >= 15 is 0 Å². The third-order valence-electron chi connectivity index (χ3n) is 4.63. The van der Waals surface area contributed by atoms with E-state index in [-0.39, 0.29) is 0 Å². The van der Waals surface area contributed by atoms with Gasteiger partial charge in [0.1, 0.15) is 0 Å². The first kappa shape index (κ1) is 15.9. The Morgan fingerprint density at radius 1 is 1.33 bits per heavy atom. The molecule has 0 aliphatic heterocycles. The van der Waals surface area contributed by atoms with Gasteiger partial charge in [-0.3, -0.25) is 4.99 Å². The first-order chi connectivity index (χ1) is 10.1. The molecule has 118 valence electrons. The third-order valence-corrected chi connectivity index (χ3v) is 4.63. The van der Waals surface area contributed by atoms with Crippen molar-refractivity contribution in [2.24, 2.45) is 23.9 Å². The number of hydrogen-bond donors (Lipinski definition) is 2. The molecule has 0 atom stereocenters. The van der Waals surface area contributed by atoms with Crippen molar-refractivity contribution in [3.8, 4) is 0 Å². The van der Waals surface area contributed by atoms with Crippen LogP contribution in [0.2, 0.25) is 0 Å². The van der Waals surface area contributed by atoms with Crippen molar-refractivity contribution in [2.75, 3.05) is 7.05 Å². The molecule has 0 aromatic carbocycles. The molecule has 1 saturated carbocycles. The normalized spacial score (nSPS) is 23.4. The molecule has 0 spiro atoms. The zero-order valence-electron chi connectivity index (χ0n) is 13.9. The Morgan fingerprint density at radius 2 is 2.05 bits per heavy atom. The molecule has 0 unspecified atom stereocenters. The molecule has 2 rings (SSSR count). The first-order valence-electron chi connectivity index (χ1n) is 8.16. The van der Waals surface area contributed by atoms with Crippen LogP contribution in [0.3, 0.4) is 0 Å². The van der Waals surface area contributed by atoms with Crippen molar-refractivity contribution < 1.29 is 0 Å². The van der Waals surface area contributed by atoms with E-state index in [9.17, 15) is 0 Å². The Bertz CT molecular complexity index is 453. The Kier molecular flexibility index (Phi) is 5.71. The molecular formula is C17H30N4. The van der Waals surface area contributed by atoms with E-state index in [1.165, 1.54) is 31.2 Å². The minimum atomic E-state index is 0.571. The summed E-state index contributed by atoms with van der Waals surface area (Å²) in [6.45, 7) is 5.51. The predicted molar refractivity (Wildman–Crippen MR) is 89.3 cm³/mol. The van der Waals surface area contributed by atoms with Gasteiger partial charge in [0.2, 0.25) is 0 Å². The smallest absolute Gasteiger partial charge is 0.191 e. The fraction of sp³-hybridized carbons (Fsp3) is 0.706. The lowest BCUT2D eigenvalue weighted by atomic mass is 9.80. The quantitative estimate of drug-likeness (QED) is 0.661. The second-order valence-corrected chi connectivity index (χ2v) is 6.61. The molecule has 1 aliphatic rings. The van der Waals surface area contributed by atoms with Gasteiger partial charge in [0.05, 0.1) is 0 Å². The van der Waals surface area contributed by atoms with Crippen LogP contribution in [0.4, 0.5) is 0 Å². The van der Waals surface area contributed by atoms with Crippen LogP contribution in [0, 0.1) is 11.8 Å². The van der Waals surface area contributed by atoms with Crippen molar-refractivity contribution >= 4 is 5.96 Å². The van der Waals surface area contributed by atoms with E-state index in [4.69, 9.17) is 0 Å². The van der Waals surface area contributed by atoms with Crippen LogP contribution in [0.5, 0.6) is 0 Å². The largest absolute Gasteiger partial charge is 0.357 e. The maximum Gasteiger partial charge on any atom is 0.191 e. The molecule has 1 aliphatic carbocycles. The SMILES string of the molecule is CN=C(NCc1ccn(C)c1)NC1CCC(C(C)C)CC1. The monoisotopic (exact) mass is 290 g/mol. The summed E-state index contributed by atoms with van der Waals surface area (Å²) in [6, 6.07) is 2.70. The first-order valence-corrected chi connectivity index (χ1v) is 8.16. The average molecular weight is 290 g/mol. The molecule has 0 bridgehead atoms. The maximum absolute atomic E-state index is 4.35. The number of nitrogens with zero attached hydrogens (tertiary/aromatic N) is 2. The predicted octanol–water partition coefficient (Wildman–Crippen LogP) is 2.90. The van der Waals surface area contributed by atoms with E-state index in [0.29, 0.717) is 6.04 Å². The Hall–Kier alpha value is -1.45. The van der Waals surface area contributed by atoms with Crippen LogP contribution in [0.25, 0.3) is 0 Å². The highest BCUT2D eigenvalue weighted by molar-refractivity contribution is 5.79. The summed E-state index contributed by atoms with van der Waals surface area (Å²) in [6.07, 6.45) is 9.40. The fourth-order valence-electron chi connectivity index (χ4n) is 3.17. The summed E-state index contributed by atoms with van der Waals surface area (Å²) in [5, 5.41) is 6.98. The van der Waals surface area contributed by atoms with Crippen molar-refractivity contribution in [3.63, 3.8) is 0 Å². The van der Waals surface area contributed by atoms with Gasteiger partial charge in [0.15, 0.2) is 5.96 Å². The molecule has 1 aromatic heterocycles. The maximum atomic E-state index is 4.35. The topological polar surface area (TPSA) is 41.4 Å². The van der Waals surface area contributed by atoms with Gasteiger partial charge in [0, 0.05) is 39.1 Å². The molecule has 0 radical (unpaired) electrons. The van der Waals surface area contributed by atoms with Crippen LogP contribution >= 0.6 is 0 Å². The van der Waals surface area contributed by atoms with Crippen LogP contribution in [-0.2, 0) is 13.6 Å². The van der Waals surface area contributed by atoms with Gasteiger partial charge in [-0.15, -0.1) is 0 Å². The lowest BCUT2D eigenvalue weighted by Crippen LogP contribution is -2.44. The van der Waals surface area contributed by atoms with Gasteiger partial charge >= 0.3 is 0 Å². The average Bonchev–Trinajstić information content (AvgIpc) is 2.89. The zero-order chi connectivity index (χ0) is 15.2. The fourth-order valence-corrected chi connectivity index (χ4v) is 3.17. The van der Waals surface area contributed by atoms with E-state index in [1.807, 2.05) is 14.1 Å². The Balaban J connectivity index is 1.75. The Morgan fingerprint density at radius 3 is 2.57 bits per heavy atom. The molecule has 1 aromatic rings. The van der Waals surface area contributed by atoms with Gasteiger partial charge in [-0.25, -0.2) is 0 Å². The molecular weight excluding hydrogens is 260 g/mol. The molecule has 1 fully saturated rings. The number of aryl methyl sites for hydroxylation is 1. The third kappa shape index (κ3) is 4.80. The van der Waals surface area contributed by atoms with E-state index in [1.54, 1.807) is 0 Å². The molecule has 0 amide bonds. The lowest BCUT2D eigenvalue weighted by Gasteiger charge is -2.32. The van der Waals surface area contributed by atoms with Crippen LogP contribution < -0.4 is 10.6 Å². The van der Waals surface area contributed by atoms with Crippen LogP contribution in [0.15, 0.2) is 23.5 Å². The molecule has 4 nitrogen and oxygen atoms in total. The lowest BCUT2D eigenvalue weighted by molar-refractivity contribution is 0.250. The Labute approximate surface area is 129 Å². The van der Waals surface area contributed by atoms with Gasteiger partial charge in [-0.05, 0) is 49.1 Å². The summed E-state index contributed by atoms with van der Waals surface area (Å²) in [5.41, 5.74) is 1.28. The zero-order valence-corrected chi connectivity index (χ0v) is 13.9. The summed E-state index contributed by atoms with van der Waals surface area (Å²) in [4.78, 5) is 4.35. The summed E-state index contributed by atoms with van der Waals surface area (Å²) in [7, 11) is 3.89. The van der Waals surface area contributed by atoms with E-state index in [2.05, 4.69) is 52.5 Å².